The van der Waals surface area contributed by atoms with Crippen LogP contribution in [0.3, 0.4) is 0 Å². The number of pyridine rings is 1. The highest BCUT2D eigenvalue weighted by molar-refractivity contribution is 6.42. The maximum Gasteiger partial charge on any atom is 0.291 e. The van der Waals surface area contributed by atoms with E-state index in [4.69, 9.17) is 23.2 Å². The summed E-state index contributed by atoms with van der Waals surface area (Å²) in [6, 6.07) is 10.7. The number of hydrogen-bond acceptors (Lipinski definition) is 3. The average molecular weight is 405 g/mol. The number of benzene rings is 2. The van der Waals surface area contributed by atoms with Crippen molar-refractivity contribution >= 4 is 40.0 Å². The SMILES string of the molecule is Cc1ccc2[nH]c(=O)c(O)c(C(=O)NCCCc3ccc(Cl)c(Cl)c3)c2c1. The number of aryl methyl sites for hydroxylation is 2. The van der Waals surface area contributed by atoms with Crippen LogP contribution in [0, 0.1) is 6.92 Å². The van der Waals surface area contributed by atoms with Gasteiger partial charge in [-0.3, -0.25) is 9.59 Å². The number of aromatic nitrogens is 1. The van der Waals surface area contributed by atoms with Crippen molar-refractivity contribution in [2.75, 3.05) is 6.54 Å². The third-order valence-electron chi connectivity index (χ3n) is 4.28. The lowest BCUT2D eigenvalue weighted by Gasteiger charge is -2.10. The minimum absolute atomic E-state index is 0.00742. The summed E-state index contributed by atoms with van der Waals surface area (Å²) in [4.78, 5) is 27.1. The highest BCUT2D eigenvalue weighted by atomic mass is 35.5. The van der Waals surface area contributed by atoms with Crippen molar-refractivity contribution in [2.45, 2.75) is 19.8 Å². The Morgan fingerprint density at radius 3 is 2.67 bits per heavy atom. The molecule has 0 aliphatic heterocycles. The second kappa shape index (κ2) is 8.03. The Bertz CT molecular complexity index is 1080. The molecule has 3 N–H and O–H groups in total. The van der Waals surface area contributed by atoms with Crippen LogP contribution in [0.4, 0.5) is 0 Å². The van der Waals surface area contributed by atoms with Crippen molar-refractivity contribution in [3.63, 3.8) is 0 Å². The minimum Gasteiger partial charge on any atom is -0.502 e. The molecule has 3 aromatic rings. The van der Waals surface area contributed by atoms with E-state index in [1.54, 1.807) is 24.3 Å². The van der Waals surface area contributed by atoms with Crippen LogP contribution in [0.1, 0.15) is 27.9 Å². The molecule has 0 spiro atoms. The summed E-state index contributed by atoms with van der Waals surface area (Å²) in [6.07, 6.45) is 1.38. The summed E-state index contributed by atoms with van der Waals surface area (Å²) in [5.41, 5.74) is 1.74. The molecule has 0 saturated carbocycles. The first-order chi connectivity index (χ1) is 12.9. The molecule has 3 rings (SSSR count). The van der Waals surface area contributed by atoms with Crippen LogP contribution in [0.15, 0.2) is 41.2 Å². The molecule has 5 nitrogen and oxygen atoms in total. The minimum atomic E-state index is -0.688. The summed E-state index contributed by atoms with van der Waals surface area (Å²) in [7, 11) is 0. The molecule has 0 radical (unpaired) electrons. The van der Waals surface area contributed by atoms with Gasteiger partial charge in [0.25, 0.3) is 11.5 Å². The fraction of sp³-hybridized carbons (Fsp3) is 0.200. The van der Waals surface area contributed by atoms with Crippen LogP contribution < -0.4 is 10.9 Å². The Kier molecular flexibility index (Phi) is 5.73. The predicted molar refractivity (Wildman–Crippen MR) is 108 cm³/mol. The summed E-state index contributed by atoms with van der Waals surface area (Å²) in [5, 5.41) is 14.4. The van der Waals surface area contributed by atoms with Crippen molar-refractivity contribution in [2.24, 2.45) is 0 Å². The van der Waals surface area contributed by atoms with Gasteiger partial charge in [-0.1, -0.05) is 40.9 Å². The van der Waals surface area contributed by atoms with Crippen LogP contribution in [0.2, 0.25) is 10.0 Å². The van der Waals surface area contributed by atoms with E-state index in [1.165, 1.54) is 0 Å². The third kappa shape index (κ3) is 4.26. The average Bonchev–Trinajstić information content (AvgIpc) is 2.63. The second-order valence-corrected chi connectivity index (χ2v) is 7.15. The Morgan fingerprint density at radius 2 is 1.93 bits per heavy atom. The highest BCUT2D eigenvalue weighted by Crippen LogP contribution is 2.24. The molecule has 0 atom stereocenters. The van der Waals surface area contributed by atoms with Gasteiger partial charge in [-0.25, -0.2) is 0 Å². The molecule has 2 aromatic carbocycles. The van der Waals surface area contributed by atoms with E-state index in [0.717, 1.165) is 11.1 Å². The number of hydrogen-bond donors (Lipinski definition) is 3. The van der Waals surface area contributed by atoms with E-state index in [2.05, 4.69) is 10.3 Å². The van der Waals surface area contributed by atoms with Crippen molar-refractivity contribution in [1.29, 1.82) is 0 Å². The number of aromatic hydroxyl groups is 1. The molecule has 0 aliphatic rings. The molecule has 1 aromatic heterocycles. The summed E-state index contributed by atoms with van der Waals surface area (Å²) in [5.74, 6) is -1.06. The topological polar surface area (TPSA) is 82.2 Å². The van der Waals surface area contributed by atoms with Crippen LogP contribution in [0.25, 0.3) is 10.9 Å². The number of carbonyl (C=O) groups is 1. The lowest BCUT2D eigenvalue weighted by Crippen LogP contribution is -2.27. The predicted octanol–water partition coefficient (Wildman–Crippen LogP) is 4.21. The normalized spacial score (nSPS) is 10.9. The summed E-state index contributed by atoms with van der Waals surface area (Å²) in [6.45, 7) is 2.26. The fourth-order valence-corrected chi connectivity index (χ4v) is 3.23. The Hall–Kier alpha value is -2.50. The number of nitrogens with one attached hydrogen (secondary N) is 2. The molecule has 27 heavy (non-hydrogen) atoms. The standard InChI is InChI=1S/C20H18Cl2N2O3/c1-11-4-7-16-13(9-11)17(18(25)20(27)24-16)19(26)23-8-2-3-12-5-6-14(21)15(22)10-12/h4-7,9-10,25H,2-3,8H2,1H3,(H,23,26)(H,24,27). The van der Waals surface area contributed by atoms with Crippen molar-refractivity contribution < 1.29 is 9.90 Å². The molecule has 0 aliphatic carbocycles. The molecule has 0 bridgehead atoms. The van der Waals surface area contributed by atoms with E-state index in [0.29, 0.717) is 40.3 Å². The van der Waals surface area contributed by atoms with Crippen LogP contribution in [0.5, 0.6) is 5.75 Å². The van der Waals surface area contributed by atoms with E-state index < -0.39 is 17.2 Å². The number of amides is 1. The molecule has 0 fully saturated rings. The zero-order chi connectivity index (χ0) is 19.6. The summed E-state index contributed by atoms with van der Waals surface area (Å²) >= 11 is 11.9. The highest BCUT2D eigenvalue weighted by Gasteiger charge is 2.18. The van der Waals surface area contributed by atoms with Crippen LogP contribution in [-0.2, 0) is 6.42 Å². The molecule has 0 unspecified atom stereocenters. The van der Waals surface area contributed by atoms with E-state index >= 15 is 0 Å². The first-order valence-corrected chi connectivity index (χ1v) is 9.20. The number of aromatic amines is 1. The maximum atomic E-state index is 12.6. The zero-order valence-corrected chi connectivity index (χ0v) is 16.1. The van der Waals surface area contributed by atoms with Gasteiger partial charge in [-0.05, 0) is 49.6 Å². The van der Waals surface area contributed by atoms with Crippen LogP contribution >= 0.6 is 23.2 Å². The number of carbonyl (C=O) groups excluding carboxylic acids is 1. The van der Waals surface area contributed by atoms with Gasteiger partial charge < -0.3 is 15.4 Å². The quantitative estimate of drug-likeness (QED) is 0.556. The van der Waals surface area contributed by atoms with Gasteiger partial charge in [-0.2, -0.15) is 0 Å². The van der Waals surface area contributed by atoms with Gasteiger partial charge in [0.1, 0.15) is 0 Å². The zero-order valence-electron chi connectivity index (χ0n) is 14.6. The smallest absolute Gasteiger partial charge is 0.291 e. The van der Waals surface area contributed by atoms with Gasteiger partial charge in [0, 0.05) is 17.4 Å². The van der Waals surface area contributed by atoms with Gasteiger partial charge in [0.05, 0.1) is 15.6 Å². The number of fused-ring (bicyclic) bond motifs is 1. The molecule has 1 amide bonds. The number of halogens is 2. The molecular weight excluding hydrogens is 387 g/mol. The molecule has 0 saturated heterocycles. The lowest BCUT2D eigenvalue weighted by atomic mass is 10.0. The van der Waals surface area contributed by atoms with E-state index in [-0.39, 0.29) is 5.56 Å². The van der Waals surface area contributed by atoms with Gasteiger partial charge in [0.15, 0.2) is 5.75 Å². The summed E-state index contributed by atoms with van der Waals surface area (Å²) < 4.78 is 0. The third-order valence-corrected chi connectivity index (χ3v) is 5.02. The molecular formula is C20H18Cl2N2O3. The van der Waals surface area contributed by atoms with Gasteiger partial charge >= 0.3 is 0 Å². The van der Waals surface area contributed by atoms with Crippen molar-refractivity contribution in [3.05, 3.63) is 73.5 Å². The number of rotatable bonds is 5. The van der Waals surface area contributed by atoms with Crippen molar-refractivity contribution in [1.82, 2.24) is 10.3 Å². The van der Waals surface area contributed by atoms with E-state index in [9.17, 15) is 14.7 Å². The Labute approximate surface area is 165 Å². The maximum absolute atomic E-state index is 12.6. The van der Waals surface area contributed by atoms with Gasteiger partial charge in [0.2, 0.25) is 0 Å². The fourth-order valence-electron chi connectivity index (χ4n) is 2.90. The van der Waals surface area contributed by atoms with Crippen molar-refractivity contribution in [3.8, 4) is 5.75 Å². The first kappa shape index (κ1) is 19.3. The second-order valence-electron chi connectivity index (χ2n) is 6.33. The monoisotopic (exact) mass is 404 g/mol. The van der Waals surface area contributed by atoms with E-state index in [1.807, 2.05) is 19.1 Å². The molecule has 140 valence electrons. The van der Waals surface area contributed by atoms with Crippen LogP contribution in [-0.4, -0.2) is 22.5 Å². The Morgan fingerprint density at radius 1 is 1.15 bits per heavy atom. The first-order valence-electron chi connectivity index (χ1n) is 8.44. The lowest BCUT2D eigenvalue weighted by molar-refractivity contribution is 0.0952. The van der Waals surface area contributed by atoms with Gasteiger partial charge in [-0.15, -0.1) is 0 Å². The molecule has 1 heterocycles. The number of H-pyrrole nitrogens is 1. The Balaban J connectivity index is 1.72. The largest absolute Gasteiger partial charge is 0.502 e. The molecule has 7 heteroatoms.